The van der Waals surface area contributed by atoms with Crippen LogP contribution < -0.4 is 10.6 Å². The molecule has 2 aromatic carbocycles. The summed E-state index contributed by atoms with van der Waals surface area (Å²) in [6, 6.07) is 14.5. The van der Waals surface area contributed by atoms with Crippen LogP contribution in [-0.4, -0.2) is 11.8 Å². The lowest BCUT2D eigenvalue weighted by molar-refractivity contribution is -0.125. The summed E-state index contributed by atoms with van der Waals surface area (Å²) in [7, 11) is 0. The summed E-state index contributed by atoms with van der Waals surface area (Å²) in [5.74, 6) is -0.153. The summed E-state index contributed by atoms with van der Waals surface area (Å²) < 4.78 is 0. The zero-order chi connectivity index (χ0) is 18.5. The largest absolute Gasteiger partial charge is 0.326 e. The summed E-state index contributed by atoms with van der Waals surface area (Å²) in [6.07, 6.45) is 2.80. The molecule has 1 aliphatic rings. The number of amides is 2. The van der Waals surface area contributed by atoms with E-state index in [2.05, 4.69) is 10.6 Å². The maximum atomic E-state index is 12.4. The molecule has 2 aromatic rings. The Morgan fingerprint density at radius 3 is 1.81 bits per heavy atom. The average molecular weight is 391 g/mol. The Labute approximate surface area is 162 Å². The van der Waals surface area contributed by atoms with Crippen molar-refractivity contribution in [2.24, 2.45) is 11.8 Å². The molecule has 0 bridgehead atoms. The molecule has 0 saturated heterocycles. The van der Waals surface area contributed by atoms with Crippen LogP contribution in [-0.2, 0) is 9.59 Å². The molecule has 4 nitrogen and oxygen atoms in total. The number of nitrogens with one attached hydrogen (secondary N) is 2. The molecule has 0 atom stereocenters. The number of halogens is 2. The van der Waals surface area contributed by atoms with E-state index in [1.54, 1.807) is 18.2 Å². The third-order valence-electron chi connectivity index (χ3n) is 4.70. The number of rotatable bonds is 4. The van der Waals surface area contributed by atoms with E-state index in [4.69, 9.17) is 23.2 Å². The third-order valence-corrected chi connectivity index (χ3v) is 5.44. The molecule has 0 spiro atoms. The molecular weight excluding hydrogens is 371 g/mol. The van der Waals surface area contributed by atoms with Crippen LogP contribution in [0.15, 0.2) is 48.5 Å². The maximum absolute atomic E-state index is 12.4. The van der Waals surface area contributed by atoms with Crippen LogP contribution in [0.3, 0.4) is 0 Å². The minimum absolute atomic E-state index is 0.0274. The van der Waals surface area contributed by atoms with E-state index in [-0.39, 0.29) is 23.7 Å². The Morgan fingerprint density at radius 1 is 0.731 bits per heavy atom. The van der Waals surface area contributed by atoms with Crippen molar-refractivity contribution in [3.63, 3.8) is 0 Å². The van der Waals surface area contributed by atoms with Crippen LogP contribution in [0, 0.1) is 11.8 Å². The van der Waals surface area contributed by atoms with Crippen LogP contribution in [0.5, 0.6) is 0 Å². The van der Waals surface area contributed by atoms with E-state index in [9.17, 15) is 9.59 Å². The first-order chi connectivity index (χ1) is 12.5. The molecule has 6 heteroatoms. The van der Waals surface area contributed by atoms with E-state index >= 15 is 0 Å². The van der Waals surface area contributed by atoms with Gasteiger partial charge in [-0.3, -0.25) is 9.59 Å². The fourth-order valence-electron chi connectivity index (χ4n) is 3.20. The predicted molar refractivity (Wildman–Crippen MR) is 106 cm³/mol. The van der Waals surface area contributed by atoms with Gasteiger partial charge >= 0.3 is 0 Å². The van der Waals surface area contributed by atoms with E-state index in [0.717, 1.165) is 5.69 Å². The molecule has 2 amide bonds. The Kier molecular flexibility index (Phi) is 6.17. The predicted octanol–water partition coefficient (Wildman–Crippen LogP) is 5.38. The maximum Gasteiger partial charge on any atom is 0.227 e. The minimum Gasteiger partial charge on any atom is -0.326 e. The van der Waals surface area contributed by atoms with Crippen LogP contribution >= 0.6 is 23.2 Å². The second kappa shape index (κ2) is 8.56. The Balaban J connectivity index is 1.50. The molecule has 0 aliphatic heterocycles. The average Bonchev–Trinajstić information content (AvgIpc) is 2.65. The highest BCUT2D eigenvalue weighted by Gasteiger charge is 2.30. The Morgan fingerprint density at radius 2 is 1.27 bits per heavy atom. The fraction of sp³-hybridized carbons (Fsp3) is 0.300. The first-order valence-corrected chi connectivity index (χ1v) is 9.40. The van der Waals surface area contributed by atoms with Gasteiger partial charge < -0.3 is 10.6 Å². The van der Waals surface area contributed by atoms with Gasteiger partial charge in [0.25, 0.3) is 0 Å². The SMILES string of the molecule is O=C(Nc1ccccc1)C1CCC(C(=O)Nc2ccc(Cl)c(Cl)c2)CC1. The van der Waals surface area contributed by atoms with Crippen molar-refractivity contribution >= 4 is 46.4 Å². The van der Waals surface area contributed by atoms with Crippen molar-refractivity contribution in [3.05, 3.63) is 58.6 Å². The Bertz CT molecular complexity index is 788. The number of carbonyl (C=O) groups is 2. The van der Waals surface area contributed by atoms with Gasteiger partial charge in [0, 0.05) is 23.2 Å². The van der Waals surface area contributed by atoms with Gasteiger partial charge in [-0.2, -0.15) is 0 Å². The van der Waals surface area contributed by atoms with E-state index in [1.165, 1.54) is 0 Å². The molecule has 1 saturated carbocycles. The lowest BCUT2D eigenvalue weighted by Crippen LogP contribution is -2.32. The monoisotopic (exact) mass is 390 g/mol. The van der Waals surface area contributed by atoms with Gasteiger partial charge in [0.2, 0.25) is 11.8 Å². The molecule has 0 unspecified atom stereocenters. The molecule has 0 heterocycles. The van der Waals surface area contributed by atoms with Crippen molar-refractivity contribution in [2.45, 2.75) is 25.7 Å². The normalized spacial score (nSPS) is 19.6. The van der Waals surface area contributed by atoms with E-state index in [0.29, 0.717) is 41.4 Å². The molecule has 0 aromatic heterocycles. The van der Waals surface area contributed by atoms with Crippen molar-refractivity contribution < 1.29 is 9.59 Å². The lowest BCUT2D eigenvalue weighted by Gasteiger charge is -2.27. The molecule has 26 heavy (non-hydrogen) atoms. The molecular formula is C20H20Cl2N2O2. The number of hydrogen-bond donors (Lipinski definition) is 2. The number of anilines is 2. The standard InChI is InChI=1S/C20H20Cl2N2O2/c21-17-11-10-16(12-18(17)22)24-20(26)14-8-6-13(7-9-14)19(25)23-15-4-2-1-3-5-15/h1-5,10-14H,6-9H2,(H,23,25)(H,24,26). The first-order valence-electron chi connectivity index (χ1n) is 8.65. The number of hydrogen-bond acceptors (Lipinski definition) is 2. The highest BCUT2D eigenvalue weighted by atomic mass is 35.5. The topological polar surface area (TPSA) is 58.2 Å². The quantitative estimate of drug-likeness (QED) is 0.736. The summed E-state index contributed by atoms with van der Waals surface area (Å²) in [5.41, 5.74) is 1.44. The molecule has 3 rings (SSSR count). The fourth-order valence-corrected chi connectivity index (χ4v) is 3.50. The van der Waals surface area contributed by atoms with Crippen LogP contribution in [0.2, 0.25) is 10.0 Å². The summed E-state index contributed by atoms with van der Waals surface area (Å²) >= 11 is 11.9. The van der Waals surface area contributed by atoms with Crippen LogP contribution in [0.1, 0.15) is 25.7 Å². The van der Waals surface area contributed by atoms with Crippen LogP contribution in [0.25, 0.3) is 0 Å². The highest BCUT2D eigenvalue weighted by molar-refractivity contribution is 6.42. The first kappa shape index (κ1) is 18.7. The van der Waals surface area contributed by atoms with Gasteiger partial charge in [0.1, 0.15) is 0 Å². The molecule has 136 valence electrons. The Hall–Kier alpha value is -2.04. The van der Waals surface area contributed by atoms with Gasteiger partial charge in [-0.1, -0.05) is 41.4 Å². The zero-order valence-electron chi connectivity index (χ0n) is 14.2. The molecule has 1 aliphatic carbocycles. The zero-order valence-corrected chi connectivity index (χ0v) is 15.7. The van der Waals surface area contributed by atoms with E-state index in [1.807, 2.05) is 30.3 Å². The summed E-state index contributed by atoms with van der Waals surface area (Å²) in [4.78, 5) is 24.8. The van der Waals surface area contributed by atoms with Gasteiger partial charge in [0.15, 0.2) is 0 Å². The lowest BCUT2D eigenvalue weighted by atomic mass is 9.81. The summed E-state index contributed by atoms with van der Waals surface area (Å²) in [6.45, 7) is 0. The highest BCUT2D eigenvalue weighted by Crippen LogP contribution is 2.31. The second-order valence-corrected chi connectivity index (χ2v) is 7.34. The van der Waals surface area contributed by atoms with Crippen molar-refractivity contribution in [1.82, 2.24) is 0 Å². The number of para-hydroxylation sites is 1. The van der Waals surface area contributed by atoms with Crippen molar-refractivity contribution in [2.75, 3.05) is 10.6 Å². The van der Waals surface area contributed by atoms with Gasteiger partial charge in [-0.15, -0.1) is 0 Å². The van der Waals surface area contributed by atoms with Crippen molar-refractivity contribution in [1.29, 1.82) is 0 Å². The molecule has 1 fully saturated rings. The smallest absolute Gasteiger partial charge is 0.227 e. The molecule has 0 radical (unpaired) electrons. The van der Waals surface area contributed by atoms with E-state index < -0.39 is 0 Å². The number of carbonyl (C=O) groups excluding carboxylic acids is 2. The minimum atomic E-state index is -0.0924. The molecule has 2 N–H and O–H groups in total. The number of benzene rings is 2. The summed E-state index contributed by atoms with van der Waals surface area (Å²) in [5, 5.41) is 6.68. The van der Waals surface area contributed by atoms with Gasteiger partial charge in [-0.05, 0) is 56.0 Å². The van der Waals surface area contributed by atoms with Crippen molar-refractivity contribution in [3.8, 4) is 0 Å². The van der Waals surface area contributed by atoms with Crippen LogP contribution in [0.4, 0.5) is 11.4 Å². The van der Waals surface area contributed by atoms with Gasteiger partial charge in [-0.25, -0.2) is 0 Å². The third kappa shape index (κ3) is 4.77. The second-order valence-electron chi connectivity index (χ2n) is 6.52. The van der Waals surface area contributed by atoms with Gasteiger partial charge in [0.05, 0.1) is 10.0 Å².